The first-order chi connectivity index (χ1) is 11.5. The molecule has 0 aliphatic carbocycles. The van der Waals surface area contributed by atoms with E-state index in [4.69, 9.17) is 4.79 Å². The Morgan fingerprint density at radius 1 is 1.24 bits per heavy atom. The molecule has 25 heavy (non-hydrogen) atoms. The zero-order chi connectivity index (χ0) is 20.0. The van der Waals surface area contributed by atoms with E-state index in [9.17, 15) is 23.2 Å². The van der Waals surface area contributed by atoms with Gasteiger partial charge in [0.15, 0.2) is 0 Å². The first kappa shape index (κ1) is 35.8. The van der Waals surface area contributed by atoms with Crippen LogP contribution in [0.15, 0.2) is 0 Å². The number of halogens is 2. The van der Waals surface area contributed by atoms with E-state index in [2.05, 4.69) is 16.0 Å². The van der Waals surface area contributed by atoms with E-state index >= 15 is 0 Å². The molecule has 0 aromatic carbocycles. The number of imide groups is 1. The molecule has 1 radical (unpaired) electrons. The molecule has 2 N–H and O–H groups in total. The predicted molar refractivity (Wildman–Crippen MR) is 96.6 cm³/mol. The molecule has 7 nitrogen and oxygen atoms in total. The summed E-state index contributed by atoms with van der Waals surface area (Å²) in [5, 5.41) is 7.68. The van der Waals surface area contributed by atoms with E-state index in [0.717, 1.165) is 0 Å². The molecule has 1 heterocycles. The summed E-state index contributed by atoms with van der Waals surface area (Å²) < 4.78 is 19.0. The van der Waals surface area contributed by atoms with Gasteiger partial charge in [-0.3, -0.25) is 13.6 Å². The number of hydrogen-bond acceptors (Lipinski definition) is 6. The second kappa shape index (κ2) is 31.5. The van der Waals surface area contributed by atoms with Crippen LogP contribution in [0.1, 0.15) is 6.42 Å². The molecule has 1 unspecified atom stereocenters. The zero-order valence-electron chi connectivity index (χ0n) is 15.2. The molecule has 1 saturated heterocycles. The third-order valence-corrected chi connectivity index (χ3v) is 3.30. The molecule has 0 spiro atoms. The smallest absolute Gasteiger partial charge is 0.229 e. The summed E-state index contributed by atoms with van der Waals surface area (Å²) in [6, 6.07) is 0. The number of thioether (sulfide) groups is 2. The van der Waals surface area contributed by atoms with Gasteiger partial charge in [0.2, 0.25) is 5.91 Å². The summed E-state index contributed by atoms with van der Waals surface area (Å²) in [6.45, 7) is 0. The number of carbonyl (C=O) groups is 3. The van der Waals surface area contributed by atoms with Gasteiger partial charge in [-0.15, -0.1) is 0 Å². The Balaban J connectivity index is -0.0000000750. The Morgan fingerprint density at radius 3 is 1.80 bits per heavy atom. The molecule has 1 rings (SSSR count). The average molecular weight is 476 g/mol. The van der Waals surface area contributed by atoms with Crippen molar-refractivity contribution in [3.05, 3.63) is 5.32 Å². The summed E-state index contributed by atoms with van der Waals surface area (Å²) in [5.41, 5.74) is 0. The van der Waals surface area contributed by atoms with Gasteiger partial charge in [0, 0.05) is 46.2 Å². The number of carbonyl (C=O) groups excluding carboxylic acids is 4. The summed E-state index contributed by atoms with van der Waals surface area (Å²) >= 11 is 2.90. The monoisotopic (exact) mass is 476 g/mol. The largest absolute Gasteiger partial charge is 0.595 e. The van der Waals surface area contributed by atoms with Gasteiger partial charge >= 0.3 is 0 Å². The van der Waals surface area contributed by atoms with Crippen molar-refractivity contribution in [2.75, 3.05) is 46.7 Å². The second-order valence-corrected chi connectivity index (χ2v) is 5.14. The van der Waals surface area contributed by atoms with Gasteiger partial charge in [-0.25, -0.2) is 0 Å². The van der Waals surface area contributed by atoms with Crippen molar-refractivity contribution in [1.82, 2.24) is 10.6 Å². The van der Waals surface area contributed by atoms with Gasteiger partial charge in [-0.05, 0) is 19.6 Å². The Kier molecular flexibility index (Phi) is 45.1. The van der Waals surface area contributed by atoms with Crippen LogP contribution in [0, 0.1) is 0 Å². The van der Waals surface area contributed by atoms with Crippen LogP contribution in [0.25, 0.3) is 5.32 Å². The molecule has 12 heteroatoms. The molecule has 0 bridgehead atoms. The molecule has 0 aromatic heterocycles. The Bertz CT molecular complexity index is 344. The Hall–Kier alpha value is -0.256. The van der Waals surface area contributed by atoms with Crippen molar-refractivity contribution < 1.29 is 60.7 Å². The summed E-state index contributed by atoms with van der Waals surface area (Å²) in [7, 11) is 4.14. The first-order valence-electron chi connectivity index (χ1n) is 6.26. The SMILES string of the molecule is CNC(=O)CSC.CN[C-]=O.CSC1CC(=O)[N-]C1=O.C[18F].C[18F].[Y]. The quantitative estimate of drug-likeness (QED) is 0.358. The van der Waals surface area contributed by atoms with Crippen LogP contribution in [0.3, 0.4) is 0 Å². The fourth-order valence-electron chi connectivity index (χ4n) is 0.874. The molecule has 0 saturated carbocycles. The van der Waals surface area contributed by atoms with E-state index in [1.807, 2.05) is 6.26 Å². The predicted octanol–water partition coefficient (Wildman–Crippen LogP) is 1.09. The fraction of sp³-hybridized carbons (Fsp3) is 0.692. The molecule has 1 fully saturated rings. The van der Waals surface area contributed by atoms with Crippen LogP contribution in [0.4, 0.5) is 8.78 Å². The first-order valence-corrected chi connectivity index (χ1v) is 8.95. The van der Waals surface area contributed by atoms with Gasteiger partial charge in [-0.1, -0.05) is 0 Å². The second-order valence-electron chi connectivity index (χ2n) is 3.23. The molecule has 147 valence electrons. The minimum Gasteiger partial charge on any atom is -0.595 e. The van der Waals surface area contributed by atoms with Crippen LogP contribution in [-0.4, -0.2) is 76.1 Å². The number of rotatable bonds is 4. The van der Waals surface area contributed by atoms with Gasteiger partial charge in [0.1, 0.15) is 0 Å². The van der Waals surface area contributed by atoms with Crippen molar-refractivity contribution in [2.45, 2.75) is 11.7 Å². The molecule has 1 aliphatic rings. The van der Waals surface area contributed by atoms with E-state index in [-0.39, 0.29) is 55.7 Å². The van der Waals surface area contributed by atoms with Crippen molar-refractivity contribution in [1.29, 1.82) is 0 Å². The summed E-state index contributed by atoms with van der Waals surface area (Å²) in [4.78, 5) is 40.2. The third kappa shape index (κ3) is 28.8. The topological polar surface area (TPSA) is 106 Å². The van der Waals surface area contributed by atoms with Crippen molar-refractivity contribution in [3.63, 3.8) is 0 Å². The molecule has 0 aromatic rings. The number of nitrogens with zero attached hydrogens (tertiary/aromatic N) is 1. The van der Waals surface area contributed by atoms with E-state index in [0.29, 0.717) is 26.5 Å². The van der Waals surface area contributed by atoms with E-state index < -0.39 is 0 Å². The Labute approximate surface area is 181 Å². The average Bonchev–Trinajstić information content (AvgIpc) is 2.96. The van der Waals surface area contributed by atoms with Gasteiger partial charge in [0.25, 0.3) is 0 Å². The van der Waals surface area contributed by atoms with Crippen LogP contribution >= 0.6 is 23.5 Å². The molecule has 1 aliphatic heterocycles. The summed E-state index contributed by atoms with van der Waals surface area (Å²) in [5.74, 6) is 0.107. The maximum Gasteiger partial charge on any atom is 0.229 e. The number of amides is 4. The number of hydrogen-bond donors (Lipinski definition) is 2. The minimum absolute atomic E-state index is 0. The standard InChI is InChI=1S/C5H7NO2S.C4H9NOS.C2H4NO.2CH3F.Y/c1-9-3-2-4(7)6-5(3)8;1-5-4(6)3-7-2;1-3-2-4;2*1-2;/h3H,2H2,1H3,(H,6,7,8);3H2,1-2H3,(H,5,6);1H3,(H,3,4);2*1H3;/q;;-1;;;/p-1/i;;;2*2-1;. The van der Waals surface area contributed by atoms with Gasteiger partial charge < -0.3 is 30.3 Å². The van der Waals surface area contributed by atoms with Gasteiger partial charge in [-0.2, -0.15) is 29.9 Å². The molecular weight excluding hydrogens is 451 g/mol. The van der Waals surface area contributed by atoms with Crippen LogP contribution < -0.4 is 10.6 Å². The van der Waals surface area contributed by atoms with Crippen LogP contribution in [0.2, 0.25) is 0 Å². The molecule has 4 amide bonds. The van der Waals surface area contributed by atoms with Crippen LogP contribution in [-0.2, 0) is 51.9 Å². The normalized spacial score (nSPS) is 13.2. The van der Waals surface area contributed by atoms with Crippen LogP contribution in [0.5, 0.6) is 0 Å². The third-order valence-electron chi connectivity index (χ3n) is 1.81. The van der Waals surface area contributed by atoms with Crippen molar-refractivity contribution in [3.8, 4) is 0 Å². The maximum absolute atomic E-state index is 10.6. The Morgan fingerprint density at radius 2 is 1.68 bits per heavy atom. The van der Waals surface area contributed by atoms with Crippen molar-refractivity contribution >= 4 is 47.7 Å². The van der Waals surface area contributed by atoms with Crippen molar-refractivity contribution in [2.24, 2.45) is 0 Å². The molecule has 1 atom stereocenters. The maximum atomic E-state index is 10.6. The zero-order valence-corrected chi connectivity index (χ0v) is 19.7. The van der Waals surface area contributed by atoms with Gasteiger partial charge in [0.05, 0.1) is 37.2 Å². The summed E-state index contributed by atoms with van der Waals surface area (Å²) in [6.07, 6.45) is 5.42. The van der Waals surface area contributed by atoms with E-state index in [1.54, 1.807) is 13.3 Å². The number of alkyl halides is 2. The fourth-order valence-corrected chi connectivity index (χ4v) is 1.84. The minimum atomic E-state index is -0.278. The number of nitrogens with one attached hydrogen (secondary N) is 2. The van der Waals surface area contributed by atoms with E-state index in [1.165, 1.54) is 37.0 Å². The molecular formula is C13H25F2N3O4S2Y-2.